The number of carbonyl (C=O) groups is 1. The number of halogens is 1. The van der Waals surface area contributed by atoms with Gasteiger partial charge in [-0.1, -0.05) is 24.3 Å². The molecule has 0 saturated carbocycles. The quantitative estimate of drug-likeness (QED) is 0.332. The lowest BCUT2D eigenvalue weighted by atomic mass is 10.2. The fraction of sp³-hybridized carbons (Fsp3) is 0.105. The Balaban J connectivity index is 1.65. The molecule has 0 atom stereocenters. The number of carbonyl (C=O) groups excluding carboxylic acids is 1. The number of methoxy groups -OCH3 is 1. The number of amides is 1. The number of aromatic nitrogens is 2. The third-order valence-electron chi connectivity index (χ3n) is 3.90. The number of nitro benzene ring substituents is 1. The Labute approximate surface area is 174 Å². The summed E-state index contributed by atoms with van der Waals surface area (Å²) in [4.78, 5) is 22.6. The van der Waals surface area contributed by atoms with Crippen LogP contribution >= 0.6 is 15.9 Å². The summed E-state index contributed by atoms with van der Waals surface area (Å²) in [6.45, 7) is 0.358. The van der Waals surface area contributed by atoms with Gasteiger partial charge in [-0.25, -0.2) is 5.43 Å². The van der Waals surface area contributed by atoms with E-state index in [1.807, 2.05) is 18.2 Å². The van der Waals surface area contributed by atoms with Gasteiger partial charge in [0.05, 0.1) is 29.3 Å². The van der Waals surface area contributed by atoms with Crippen molar-refractivity contribution >= 4 is 33.7 Å². The number of ether oxygens (including phenoxy) is 1. The van der Waals surface area contributed by atoms with E-state index in [9.17, 15) is 14.9 Å². The van der Waals surface area contributed by atoms with E-state index < -0.39 is 10.8 Å². The summed E-state index contributed by atoms with van der Waals surface area (Å²) < 4.78 is 7.21. The molecule has 1 amide bonds. The number of benzene rings is 2. The normalized spacial score (nSPS) is 10.8. The number of nitrogens with zero attached hydrogens (tertiary/aromatic N) is 4. The molecule has 10 heteroatoms. The zero-order valence-corrected chi connectivity index (χ0v) is 16.9. The molecule has 1 heterocycles. The highest BCUT2D eigenvalue weighted by Gasteiger charge is 2.15. The summed E-state index contributed by atoms with van der Waals surface area (Å²) in [6.07, 6.45) is 3.16. The maximum atomic E-state index is 12.3. The SMILES string of the molecule is COc1cccc(C=NNC(=O)c2nn(Cc3ccc([N+](=O)[O-])cc3)cc2Br)c1. The van der Waals surface area contributed by atoms with Gasteiger partial charge in [0.2, 0.25) is 0 Å². The molecular formula is C19H16BrN5O4. The zero-order chi connectivity index (χ0) is 20.8. The minimum absolute atomic E-state index is 0.0179. The molecule has 148 valence electrons. The Kier molecular flexibility index (Phi) is 6.35. The first-order valence-corrected chi connectivity index (χ1v) is 9.19. The monoisotopic (exact) mass is 457 g/mol. The van der Waals surface area contributed by atoms with E-state index in [2.05, 4.69) is 31.6 Å². The molecule has 0 spiro atoms. The summed E-state index contributed by atoms with van der Waals surface area (Å²) in [5.41, 5.74) is 4.21. The second-order valence-electron chi connectivity index (χ2n) is 5.92. The fourth-order valence-corrected chi connectivity index (χ4v) is 2.98. The molecule has 3 rings (SSSR count). The van der Waals surface area contributed by atoms with Crippen molar-refractivity contribution in [2.75, 3.05) is 7.11 Å². The predicted octanol–water partition coefficient (Wildman–Crippen LogP) is 3.37. The Hall–Kier alpha value is -3.53. The number of hydrogen-bond donors (Lipinski definition) is 1. The van der Waals surface area contributed by atoms with Crippen molar-refractivity contribution in [2.24, 2.45) is 5.10 Å². The Morgan fingerprint density at radius 1 is 1.34 bits per heavy atom. The maximum absolute atomic E-state index is 12.3. The molecule has 0 radical (unpaired) electrons. The minimum atomic E-state index is -0.474. The Bertz CT molecular complexity index is 1060. The van der Waals surface area contributed by atoms with Crippen LogP contribution in [0.3, 0.4) is 0 Å². The van der Waals surface area contributed by atoms with Crippen molar-refractivity contribution in [1.82, 2.24) is 15.2 Å². The van der Waals surface area contributed by atoms with E-state index in [1.54, 1.807) is 36.2 Å². The van der Waals surface area contributed by atoms with Crippen LogP contribution in [0, 0.1) is 10.1 Å². The summed E-state index contributed by atoms with van der Waals surface area (Å²) in [6, 6.07) is 13.4. The lowest BCUT2D eigenvalue weighted by Gasteiger charge is -2.02. The van der Waals surface area contributed by atoms with Crippen LogP contribution in [0.1, 0.15) is 21.6 Å². The molecule has 0 aliphatic heterocycles. The van der Waals surface area contributed by atoms with Crippen molar-refractivity contribution in [2.45, 2.75) is 6.54 Å². The third kappa shape index (κ3) is 5.26. The van der Waals surface area contributed by atoms with Crippen molar-refractivity contribution in [1.29, 1.82) is 0 Å². The first-order valence-electron chi connectivity index (χ1n) is 8.40. The summed E-state index contributed by atoms with van der Waals surface area (Å²) in [5.74, 6) is 0.214. The molecule has 0 bridgehead atoms. The number of non-ortho nitro benzene ring substituents is 1. The number of hydrogen-bond acceptors (Lipinski definition) is 6. The molecule has 0 aliphatic rings. The number of nitrogens with one attached hydrogen (secondary N) is 1. The van der Waals surface area contributed by atoms with Crippen LogP contribution < -0.4 is 10.2 Å². The average molecular weight is 458 g/mol. The molecule has 0 saturated heterocycles. The molecule has 29 heavy (non-hydrogen) atoms. The maximum Gasteiger partial charge on any atom is 0.293 e. The fourth-order valence-electron chi connectivity index (χ4n) is 2.48. The van der Waals surface area contributed by atoms with Gasteiger partial charge in [-0.2, -0.15) is 10.2 Å². The van der Waals surface area contributed by atoms with Crippen molar-refractivity contribution in [3.05, 3.63) is 86.1 Å². The highest BCUT2D eigenvalue weighted by atomic mass is 79.9. The standard InChI is InChI=1S/C19H16BrN5O4/c1-29-16-4-2-3-14(9-16)10-21-22-19(26)18-17(20)12-24(23-18)11-13-5-7-15(8-6-13)25(27)28/h2-10,12H,11H2,1H3,(H,22,26). The van der Waals surface area contributed by atoms with Crippen LogP contribution in [0.4, 0.5) is 5.69 Å². The van der Waals surface area contributed by atoms with Crippen LogP contribution in [-0.2, 0) is 6.54 Å². The van der Waals surface area contributed by atoms with Gasteiger partial charge in [-0.15, -0.1) is 0 Å². The Morgan fingerprint density at radius 2 is 2.10 bits per heavy atom. The molecule has 1 aromatic heterocycles. The second-order valence-corrected chi connectivity index (χ2v) is 6.78. The minimum Gasteiger partial charge on any atom is -0.497 e. The van der Waals surface area contributed by atoms with E-state index in [0.717, 1.165) is 11.1 Å². The van der Waals surface area contributed by atoms with Crippen molar-refractivity contribution in [3.8, 4) is 5.75 Å². The first-order chi connectivity index (χ1) is 14.0. The lowest BCUT2D eigenvalue weighted by molar-refractivity contribution is -0.384. The van der Waals surface area contributed by atoms with E-state index >= 15 is 0 Å². The Morgan fingerprint density at radius 3 is 2.79 bits per heavy atom. The average Bonchev–Trinajstić information content (AvgIpc) is 3.08. The molecule has 0 fully saturated rings. The van der Waals surface area contributed by atoms with Gasteiger partial charge in [-0.3, -0.25) is 19.6 Å². The van der Waals surface area contributed by atoms with Gasteiger partial charge in [0.15, 0.2) is 5.69 Å². The predicted molar refractivity (Wildman–Crippen MR) is 110 cm³/mol. The number of nitro groups is 1. The third-order valence-corrected chi connectivity index (χ3v) is 4.48. The first kappa shape index (κ1) is 20.2. The highest BCUT2D eigenvalue weighted by molar-refractivity contribution is 9.10. The van der Waals surface area contributed by atoms with Gasteiger partial charge in [0.1, 0.15) is 5.75 Å². The smallest absolute Gasteiger partial charge is 0.293 e. The van der Waals surface area contributed by atoms with Gasteiger partial charge in [0, 0.05) is 18.3 Å². The van der Waals surface area contributed by atoms with Gasteiger partial charge >= 0.3 is 0 Å². The molecule has 2 aromatic carbocycles. The van der Waals surface area contributed by atoms with E-state index in [4.69, 9.17) is 4.74 Å². The van der Waals surface area contributed by atoms with Gasteiger partial charge in [-0.05, 0) is 39.2 Å². The van der Waals surface area contributed by atoms with Gasteiger partial charge in [0.25, 0.3) is 11.6 Å². The molecule has 9 nitrogen and oxygen atoms in total. The van der Waals surface area contributed by atoms with Gasteiger partial charge < -0.3 is 4.74 Å². The van der Waals surface area contributed by atoms with Crippen LogP contribution in [0.25, 0.3) is 0 Å². The van der Waals surface area contributed by atoms with Crippen LogP contribution in [-0.4, -0.2) is 33.9 Å². The zero-order valence-electron chi connectivity index (χ0n) is 15.3. The van der Waals surface area contributed by atoms with Crippen LogP contribution in [0.2, 0.25) is 0 Å². The van der Waals surface area contributed by atoms with E-state index in [1.165, 1.54) is 18.3 Å². The summed E-state index contributed by atoms with van der Waals surface area (Å²) in [7, 11) is 1.57. The lowest BCUT2D eigenvalue weighted by Crippen LogP contribution is -2.19. The molecule has 0 unspecified atom stereocenters. The van der Waals surface area contributed by atoms with Crippen molar-refractivity contribution < 1.29 is 14.5 Å². The van der Waals surface area contributed by atoms with Crippen LogP contribution in [0.5, 0.6) is 5.75 Å². The summed E-state index contributed by atoms with van der Waals surface area (Å²) >= 11 is 3.32. The molecular weight excluding hydrogens is 442 g/mol. The highest BCUT2D eigenvalue weighted by Crippen LogP contribution is 2.17. The molecule has 1 N–H and O–H groups in total. The van der Waals surface area contributed by atoms with E-state index in [-0.39, 0.29) is 11.4 Å². The number of rotatable bonds is 7. The molecule has 0 aliphatic carbocycles. The number of hydrazone groups is 1. The van der Waals surface area contributed by atoms with E-state index in [0.29, 0.717) is 16.8 Å². The van der Waals surface area contributed by atoms with Crippen molar-refractivity contribution in [3.63, 3.8) is 0 Å². The van der Waals surface area contributed by atoms with Crippen LogP contribution in [0.15, 0.2) is 64.3 Å². The molecule has 3 aromatic rings. The summed E-state index contributed by atoms with van der Waals surface area (Å²) in [5, 5.41) is 18.9. The second kappa shape index (κ2) is 9.11. The topological polar surface area (TPSA) is 112 Å². The largest absolute Gasteiger partial charge is 0.497 e.